The number of benzene rings is 1. The first kappa shape index (κ1) is 15.5. The molecular formula is C15H23NO3. The van der Waals surface area contributed by atoms with Crippen molar-refractivity contribution in [3.8, 4) is 5.75 Å². The van der Waals surface area contributed by atoms with Crippen molar-refractivity contribution in [2.45, 2.75) is 39.8 Å². The Morgan fingerprint density at radius 3 is 2.63 bits per heavy atom. The number of hydrogen-bond donors (Lipinski definition) is 1. The van der Waals surface area contributed by atoms with E-state index in [4.69, 9.17) is 9.47 Å². The second-order valence-electron chi connectivity index (χ2n) is 4.61. The van der Waals surface area contributed by atoms with Gasteiger partial charge < -0.3 is 9.47 Å². The van der Waals surface area contributed by atoms with Crippen LogP contribution in [0.3, 0.4) is 0 Å². The van der Waals surface area contributed by atoms with E-state index in [1.54, 1.807) is 21.0 Å². The van der Waals surface area contributed by atoms with Gasteiger partial charge in [-0.25, -0.2) is 0 Å². The number of ether oxygens (including phenoxy) is 2. The summed E-state index contributed by atoms with van der Waals surface area (Å²) in [6, 6.07) is 5.67. The number of carbonyl (C=O) groups excluding carboxylic acids is 1. The third-order valence-electron chi connectivity index (χ3n) is 2.99. The van der Waals surface area contributed by atoms with Gasteiger partial charge in [-0.2, -0.15) is 0 Å². The molecule has 4 heteroatoms. The van der Waals surface area contributed by atoms with Crippen LogP contribution in [0.5, 0.6) is 5.75 Å². The second kappa shape index (κ2) is 7.14. The lowest BCUT2D eigenvalue weighted by atomic mass is 10.0. The quantitative estimate of drug-likeness (QED) is 0.803. The maximum Gasteiger partial charge on any atom is 0.322 e. The van der Waals surface area contributed by atoms with Crippen molar-refractivity contribution in [2.75, 3.05) is 13.7 Å². The minimum absolute atomic E-state index is 0.00857. The Morgan fingerprint density at radius 2 is 2.05 bits per heavy atom. The van der Waals surface area contributed by atoms with Crippen molar-refractivity contribution in [3.63, 3.8) is 0 Å². The molecule has 0 aliphatic rings. The summed E-state index contributed by atoms with van der Waals surface area (Å²) in [5.74, 6) is 0.586. The molecule has 0 bridgehead atoms. The van der Waals surface area contributed by atoms with E-state index in [0.29, 0.717) is 6.61 Å². The highest BCUT2D eigenvalue weighted by molar-refractivity contribution is 5.75. The first-order chi connectivity index (χ1) is 8.99. The predicted octanol–water partition coefficient (Wildman–Crippen LogP) is 2.61. The van der Waals surface area contributed by atoms with E-state index in [-0.39, 0.29) is 18.1 Å². The van der Waals surface area contributed by atoms with Gasteiger partial charge in [-0.1, -0.05) is 17.7 Å². The molecule has 1 N–H and O–H groups in total. The summed E-state index contributed by atoms with van der Waals surface area (Å²) < 4.78 is 10.3. The fraction of sp³-hybridized carbons (Fsp3) is 0.533. The van der Waals surface area contributed by atoms with E-state index in [1.165, 1.54) is 0 Å². The summed E-state index contributed by atoms with van der Waals surface area (Å²) in [5.41, 5.74) is 2.20. The van der Waals surface area contributed by atoms with E-state index in [2.05, 4.69) is 11.4 Å². The normalized spacial score (nSPS) is 13.7. The Kier molecular flexibility index (Phi) is 5.83. The fourth-order valence-electron chi connectivity index (χ4n) is 1.99. The zero-order chi connectivity index (χ0) is 14.4. The highest BCUT2D eigenvalue weighted by atomic mass is 16.5. The maximum atomic E-state index is 11.6. The molecule has 4 nitrogen and oxygen atoms in total. The summed E-state index contributed by atoms with van der Waals surface area (Å²) in [5, 5.41) is 3.23. The van der Waals surface area contributed by atoms with E-state index in [0.717, 1.165) is 16.9 Å². The Hall–Kier alpha value is -1.55. The number of rotatable bonds is 6. The molecule has 1 rings (SSSR count). The smallest absolute Gasteiger partial charge is 0.322 e. The average molecular weight is 265 g/mol. The van der Waals surface area contributed by atoms with Crippen LogP contribution in [0, 0.1) is 6.92 Å². The largest absolute Gasteiger partial charge is 0.496 e. The third kappa shape index (κ3) is 4.24. The SMILES string of the molecule is CCOC(=O)C(C)NC(C)c1cc(C)ccc1OC. The summed E-state index contributed by atoms with van der Waals surface area (Å²) >= 11 is 0. The molecule has 0 fully saturated rings. The van der Waals surface area contributed by atoms with Gasteiger partial charge in [0.15, 0.2) is 0 Å². The standard InChI is InChI=1S/C15H23NO3/c1-6-19-15(17)12(4)16-11(3)13-9-10(2)7-8-14(13)18-5/h7-9,11-12,16H,6H2,1-5H3. The molecule has 0 aliphatic heterocycles. The zero-order valence-electron chi connectivity index (χ0n) is 12.3. The summed E-state index contributed by atoms with van der Waals surface area (Å²) in [4.78, 5) is 11.6. The van der Waals surface area contributed by atoms with Gasteiger partial charge in [0.1, 0.15) is 11.8 Å². The molecule has 106 valence electrons. The van der Waals surface area contributed by atoms with Crippen LogP contribution in [-0.4, -0.2) is 25.7 Å². The first-order valence-corrected chi connectivity index (χ1v) is 6.56. The Morgan fingerprint density at radius 1 is 1.37 bits per heavy atom. The lowest BCUT2D eigenvalue weighted by Gasteiger charge is -2.21. The van der Waals surface area contributed by atoms with Crippen molar-refractivity contribution in [1.82, 2.24) is 5.32 Å². The van der Waals surface area contributed by atoms with E-state index < -0.39 is 0 Å². The van der Waals surface area contributed by atoms with Crippen molar-refractivity contribution >= 4 is 5.97 Å². The van der Waals surface area contributed by atoms with E-state index >= 15 is 0 Å². The monoisotopic (exact) mass is 265 g/mol. The number of methoxy groups -OCH3 is 1. The highest BCUT2D eigenvalue weighted by Crippen LogP contribution is 2.26. The number of nitrogens with one attached hydrogen (secondary N) is 1. The van der Waals surface area contributed by atoms with Crippen molar-refractivity contribution in [2.24, 2.45) is 0 Å². The summed E-state index contributed by atoms with van der Waals surface area (Å²) in [6.07, 6.45) is 0. The Balaban J connectivity index is 2.80. The molecule has 0 radical (unpaired) electrons. The van der Waals surface area contributed by atoms with Gasteiger partial charge in [-0.3, -0.25) is 10.1 Å². The molecule has 0 heterocycles. The molecule has 1 aromatic carbocycles. The van der Waals surface area contributed by atoms with Crippen molar-refractivity contribution < 1.29 is 14.3 Å². The molecule has 0 saturated carbocycles. The van der Waals surface area contributed by atoms with Gasteiger partial charge in [0.2, 0.25) is 0 Å². The van der Waals surface area contributed by atoms with Crippen LogP contribution in [0.1, 0.15) is 37.9 Å². The minimum Gasteiger partial charge on any atom is -0.496 e. The van der Waals surface area contributed by atoms with E-state index in [1.807, 2.05) is 26.0 Å². The lowest BCUT2D eigenvalue weighted by Crippen LogP contribution is -2.37. The number of aryl methyl sites for hydroxylation is 1. The maximum absolute atomic E-state index is 11.6. The molecule has 19 heavy (non-hydrogen) atoms. The van der Waals surface area contributed by atoms with Gasteiger partial charge in [-0.15, -0.1) is 0 Å². The Labute approximate surface area is 115 Å². The van der Waals surface area contributed by atoms with Crippen molar-refractivity contribution in [3.05, 3.63) is 29.3 Å². The fourth-order valence-corrected chi connectivity index (χ4v) is 1.99. The summed E-state index contributed by atoms with van der Waals surface area (Å²) in [7, 11) is 1.65. The van der Waals surface area contributed by atoms with Gasteiger partial charge >= 0.3 is 5.97 Å². The van der Waals surface area contributed by atoms with Crippen LogP contribution in [0.15, 0.2) is 18.2 Å². The second-order valence-corrected chi connectivity index (χ2v) is 4.61. The van der Waals surface area contributed by atoms with Gasteiger partial charge in [0.05, 0.1) is 13.7 Å². The van der Waals surface area contributed by atoms with Gasteiger partial charge in [0.25, 0.3) is 0 Å². The molecule has 0 aliphatic carbocycles. The number of hydrogen-bond acceptors (Lipinski definition) is 4. The molecule has 0 amide bonds. The van der Waals surface area contributed by atoms with Crippen LogP contribution in [0.4, 0.5) is 0 Å². The van der Waals surface area contributed by atoms with Gasteiger partial charge in [-0.05, 0) is 33.8 Å². The predicted molar refractivity (Wildman–Crippen MR) is 75.4 cm³/mol. The van der Waals surface area contributed by atoms with Crippen LogP contribution in [0.25, 0.3) is 0 Å². The molecule has 0 aromatic heterocycles. The van der Waals surface area contributed by atoms with Crippen LogP contribution >= 0.6 is 0 Å². The number of esters is 1. The van der Waals surface area contributed by atoms with E-state index in [9.17, 15) is 4.79 Å². The summed E-state index contributed by atoms with van der Waals surface area (Å²) in [6.45, 7) is 8.04. The van der Waals surface area contributed by atoms with Gasteiger partial charge in [0, 0.05) is 11.6 Å². The topological polar surface area (TPSA) is 47.6 Å². The highest BCUT2D eigenvalue weighted by Gasteiger charge is 2.19. The molecule has 2 unspecified atom stereocenters. The molecule has 0 saturated heterocycles. The molecular weight excluding hydrogens is 242 g/mol. The minimum atomic E-state index is -0.347. The van der Waals surface area contributed by atoms with Crippen LogP contribution in [-0.2, 0) is 9.53 Å². The first-order valence-electron chi connectivity index (χ1n) is 6.56. The molecule has 2 atom stereocenters. The average Bonchev–Trinajstić information content (AvgIpc) is 2.38. The van der Waals surface area contributed by atoms with Crippen LogP contribution in [0.2, 0.25) is 0 Å². The molecule has 1 aromatic rings. The van der Waals surface area contributed by atoms with Crippen LogP contribution < -0.4 is 10.1 Å². The lowest BCUT2D eigenvalue weighted by molar-refractivity contribution is -0.145. The molecule has 0 spiro atoms. The third-order valence-corrected chi connectivity index (χ3v) is 2.99. The zero-order valence-corrected chi connectivity index (χ0v) is 12.3. The number of carbonyl (C=O) groups is 1. The Bertz CT molecular complexity index is 431. The van der Waals surface area contributed by atoms with Crippen molar-refractivity contribution in [1.29, 1.82) is 0 Å².